The van der Waals surface area contributed by atoms with Crippen LogP contribution in [-0.4, -0.2) is 49.5 Å². The predicted octanol–water partition coefficient (Wildman–Crippen LogP) is 3.24. The number of aromatic nitrogens is 3. The number of sulfonamides is 1. The molecule has 10 heteroatoms. The van der Waals surface area contributed by atoms with Crippen molar-refractivity contribution in [2.45, 2.75) is 51.3 Å². The summed E-state index contributed by atoms with van der Waals surface area (Å²) < 4.78 is 28.0. The van der Waals surface area contributed by atoms with Gasteiger partial charge < -0.3 is 16.0 Å². The van der Waals surface area contributed by atoms with Gasteiger partial charge in [-0.1, -0.05) is 18.2 Å². The molecule has 0 amide bonds. The van der Waals surface area contributed by atoms with Crippen molar-refractivity contribution >= 4 is 27.9 Å². The summed E-state index contributed by atoms with van der Waals surface area (Å²) in [4.78, 5) is 13.6. The molecule has 1 saturated carbocycles. The number of benzene rings is 1. The van der Waals surface area contributed by atoms with Crippen LogP contribution in [-0.2, 0) is 10.0 Å². The Bertz CT molecular complexity index is 952. The predicted molar refractivity (Wildman–Crippen MR) is 128 cm³/mol. The van der Waals surface area contributed by atoms with Gasteiger partial charge >= 0.3 is 0 Å². The first-order chi connectivity index (χ1) is 15.4. The first-order valence-electron chi connectivity index (χ1n) is 11.4. The zero-order valence-corrected chi connectivity index (χ0v) is 20.0. The molecule has 0 bridgehead atoms. The van der Waals surface area contributed by atoms with E-state index in [1.807, 2.05) is 32.9 Å². The van der Waals surface area contributed by atoms with E-state index < -0.39 is 10.0 Å². The number of rotatable bonds is 11. The molecule has 32 heavy (non-hydrogen) atoms. The molecule has 0 aliphatic heterocycles. The molecule has 0 saturated heterocycles. The summed E-state index contributed by atoms with van der Waals surface area (Å²) in [6.07, 6.45) is 4.11. The average Bonchev–Trinajstić information content (AvgIpc) is 2.78. The molecule has 1 aliphatic rings. The SMILES string of the molecule is CCNc1nc(NCC)nc(NCC2CCC(CNS(=O)(=O)c3ccccc3C)CC2)n1. The molecular weight excluding hydrogens is 426 g/mol. The van der Waals surface area contributed by atoms with Crippen molar-refractivity contribution in [2.75, 3.05) is 42.1 Å². The third-order valence-electron chi connectivity index (χ3n) is 5.77. The Kier molecular flexibility index (Phi) is 8.63. The zero-order chi connectivity index (χ0) is 23.0. The van der Waals surface area contributed by atoms with E-state index in [1.165, 1.54) is 0 Å². The van der Waals surface area contributed by atoms with Crippen molar-refractivity contribution < 1.29 is 8.42 Å². The van der Waals surface area contributed by atoms with Gasteiger partial charge in [-0.3, -0.25) is 0 Å². The van der Waals surface area contributed by atoms with Gasteiger partial charge in [0.1, 0.15) is 0 Å². The van der Waals surface area contributed by atoms with E-state index >= 15 is 0 Å². The highest BCUT2D eigenvalue weighted by molar-refractivity contribution is 7.89. The van der Waals surface area contributed by atoms with Gasteiger partial charge in [0.2, 0.25) is 27.9 Å². The Balaban J connectivity index is 1.47. The van der Waals surface area contributed by atoms with Crippen molar-refractivity contribution in [1.82, 2.24) is 19.7 Å². The third-order valence-corrected chi connectivity index (χ3v) is 7.35. The number of hydrogen-bond donors (Lipinski definition) is 4. The summed E-state index contributed by atoms with van der Waals surface area (Å²) in [5.74, 6) is 2.57. The normalized spacial score (nSPS) is 18.8. The molecule has 0 radical (unpaired) electrons. The lowest BCUT2D eigenvalue weighted by atomic mass is 9.82. The van der Waals surface area contributed by atoms with Crippen LogP contribution in [0.5, 0.6) is 0 Å². The number of anilines is 3. The van der Waals surface area contributed by atoms with Crippen LogP contribution in [0.3, 0.4) is 0 Å². The minimum Gasteiger partial charge on any atom is -0.354 e. The Labute approximate surface area is 191 Å². The highest BCUT2D eigenvalue weighted by Gasteiger charge is 2.24. The van der Waals surface area contributed by atoms with Crippen molar-refractivity contribution in [1.29, 1.82) is 0 Å². The van der Waals surface area contributed by atoms with Gasteiger partial charge in [0, 0.05) is 26.2 Å². The first kappa shape index (κ1) is 24.2. The number of nitrogens with zero attached hydrogens (tertiary/aromatic N) is 3. The summed E-state index contributed by atoms with van der Waals surface area (Å²) in [6, 6.07) is 7.09. The molecule has 1 aromatic carbocycles. The Morgan fingerprint density at radius 2 is 1.31 bits per heavy atom. The quantitative estimate of drug-likeness (QED) is 0.402. The van der Waals surface area contributed by atoms with Crippen LogP contribution in [0.15, 0.2) is 29.2 Å². The van der Waals surface area contributed by atoms with Gasteiger partial charge in [-0.2, -0.15) is 15.0 Å². The topological polar surface area (TPSA) is 121 Å². The molecule has 2 aromatic rings. The van der Waals surface area contributed by atoms with Crippen LogP contribution in [0.4, 0.5) is 17.8 Å². The number of hydrogen-bond acceptors (Lipinski definition) is 8. The number of aryl methyl sites for hydroxylation is 1. The lowest BCUT2D eigenvalue weighted by Gasteiger charge is -2.28. The van der Waals surface area contributed by atoms with Gasteiger partial charge in [0.25, 0.3) is 0 Å². The summed E-state index contributed by atoms with van der Waals surface area (Å²) in [7, 11) is -3.46. The molecule has 0 atom stereocenters. The van der Waals surface area contributed by atoms with Crippen LogP contribution in [0.2, 0.25) is 0 Å². The Morgan fingerprint density at radius 1 is 0.812 bits per heavy atom. The van der Waals surface area contributed by atoms with E-state index in [2.05, 4.69) is 35.6 Å². The lowest BCUT2D eigenvalue weighted by Crippen LogP contribution is -2.32. The Morgan fingerprint density at radius 3 is 1.84 bits per heavy atom. The van der Waals surface area contributed by atoms with Gasteiger partial charge in [-0.15, -0.1) is 0 Å². The summed E-state index contributed by atoms with van der Waals surface area (Å²) in [5, 5.41) is 9.62. The van der Waals surface area contributed by atoms with Crippen LogP contribution >= 0.6 is 0 Å². The molecule has 9 nitrogen and oxygen atoms in total. The second-order valence-corrected chi connectivity index (χ2v) is 9.99. The fraction of sp³-hybridized carbons (Fsp3) is 0.591. The average molecular weight is 462 g/mol. The maximum atomic E-state index is 12.6. The highest BCUT2D eigenvalue weighted by atomic mass is 32.2. The fourth-order valence-corrected chi connectivity index (χ4v) is 5.33. The minimum atomic E-state index is -3.46. The molecule has 0 unspecified atom stereocenters. The molecule has 176 valence electrons. The van der Waals surface area contributed by atoms with E-state index in [1.54, 1.807) is 12.1 Å². The summed E-state index contributed by atoms with van der Waals surface area (Å²) >= 11 is 0. The second-order valence-electron chi connectivity index (χ2n) is 8.25. The molecule has 1 heterocycles. The van der Waals surface area contributed by atoms with E-state index in [9.17, 15) is 8.42 Å². The van der Waals surface area contributed by atoms with Crippen LogP contribution in [0.25, 0.3) is 0 Å². The van der Waals surface area contributed by atoms with Crippen LogP contribution < -0.4 is 20.7 Å². The van der Waals surface area contributed by atoms with E-state index in [0.717, 1.165) is 50.9 Å². The maximum absolute atomic E-state index is 12.6. The molecular formula is C22H35N7O2S. The summed E-state index contributed by atoms with van der Waals surface area (Å²) in [5.41, 5.74) is 0.766. The van der Waals surface area contributed by atoms with Gasteiger partial charge in [-0.05, 0) is 69.9 Å². The fourth-order valence-electron chi connectivity index (χ4n) is 3.97. The van der Waals surface area contributed by atoms with E-state index in [-0.39, 0.29) is 0 Å². The van der Waals surface area contributed by atoms with Crippen LogP contribution in [0, 0.1) is 18.8 Å². The van der Waals surface area contributed by atoms with Gasteiger partial charge in [-0.25, -0.2) is 13.1 Å². The van der Waals surface area contributed by atoms with E-state index in [4.69, 9.17) is 0 Å². The molecule has 1 fully saturated rings. The minimum absolute atomic E-state index is 0.364. The largest absolute Gasteiger partial charge is 0.354 e. The van der Waals surface area contributed by atoms with E-state index in [0.29, 0.717) is 41.1 Å². The third kappa shape index (κ3) is 6.77. The standard InChI is InChI=1S/C22H35N7O2S/c1-4-23-20-27-21(24-5-2)29-22(28-20)25-14-17-10-12-18(13-11-17)15-26-32(30,31)19-9-7-6-8-16(19)3/h6-9,17-18,26H,4-5,10-15H2,1-3H3,(H3,23,24,25,27,28,29). The van der Waals surface area contributed by atoms with Crippen molar-refractivity contribution in [3.63, 3.8) is 0 Å². The van der Waals surface area contributed by atoms with Gasteiger partial charge in [0.15, 0.2) is 0 Å². The molecule has 3 rings (SSSR count). The molecule has 0 spiro atoms. The van der Waals surface area contributed by atoms with Crippen molar-refractivity contribution in [2.24, 2.45) is 11.8 Å². The zero-order valence-electron chi connectivity index (χ0n) is 19.2. The molecule has 4 N–H and O–H groups in total. The monoisotopic (exact) mass is 461 g/mol. The second kappa shape index (κ2) is 11.4. The van der Waals surface area contributed by atoms with Crippen LogP contribution in [0.1, 0.15) is 45.1 Å². The number of nitrogens with one attached hydrogen (secondary N) is 4. The molecule has 1 aliphatic carbocycles. The maximum Gasteiger partial charge on any atom is 0.240 e. The smallest absolute Gasteiger partial charge is 0.240 e. The lowest BCUT2D eigenvalue weighted by molar-refractivity contribution is 0.284. The van der Waals surface area contributed by atoms with Crippen molar-refractivity contribution in [3.05, 3.63) is 29.8 Å². The van der Waals surface area contributed by atoms with Crippen molar-refractivity contribution in [3.8, 4) is 0 Å². The summed E-state index contributed by atoms with van der Waals surface area (Å²) in [6.45, 7) is 8.60. The first-order valence-corrected chi connectivity index (χ1v) is 12.9. The molecule has 1 aromatic heterocycles. The van der Waals surface area contributed by atoms with Gasteiger partial charge in [0.05, 0.1) is 4.90 Å². The highest BCUT2D eigenvalue weighted by Crippen LogP contribution is 2.29. The Hall–Kier alpha value is -2.46.